The van der Waals surface area contributed by atoms with E-state index in [1.165, 1.54) is 12.1 Å². The number of benzene rings is 1. The van der Waals surface area contributed by atoms with E-state index in [9.17, 15) is 8.78 Å². The Balaban J connectivity index is 2.07. The molecule has 17 heavy (non-hydrogen) atoms. The van der Waals surface area contributed by atoms with Gasteiger partial charge in [-0.25, -0.2) is 13.8 Å². The third-order valence-electron chi connectivity index (χ3n) is 2.53. The molecule has 0 spiro atoms. The Morgan fingerprint density at radius 3 is 2.88 bits per heavy atom. The average Bonchev–Trinajstić information content (AvgIpc) is 2.75. The highest BCUT2D eigenvalue weighted by atomic mass is 19.1. The van der Waals surface area contributed by atoms with E-state index < -0.39 is 11.6 Å². The number of rotatable bonds is 4. The Morgan fingerprint density at radius 2 is 2.18 bits per heavy atom. The molecule has 0 aliphatic heterocycles. The molecule has 0 radical (unpaired) electrons. The summed E-state index contributed by atoms with van der Waals surface area (Å²) >= 11 is 0. The summed E-state index contributed by atoms with van der Waals surface area (Å²) in [6.07, 6.45) is 3.44. The Morgan fingerprint density at radius 1 is 1.35 bits per heavy atom. The molecule has 0 unspecified atom stereocenters. The van der Waals surface area contributed by atoms with Crippen LogP contribution in [-0.2, 0) is 13.1 Å². The van der Waals surface area contributed by atoms with E-state index in [1.54, 1.807) is 12.5 Å². The van der Waals surface area contributed by atoms with Gasteiger partial charge >= 0.3 is 0 Å². The zero-order chi connectivity index (χ0) is 12.3. The Labute approximate surface area is 98.1 Å². The van der Waals surface area contributed by atoms with E-state index in [0.29, 0.717) is 6.54 Å². The third-order valence-corrected chi connectivity index (χ3v) is 2.53. The minimum Gasteiger partial charge on any atom is -0.377 e. The molecule has 1 heterocycles. The molecule has 2 aromatic rings. The largest absolute Gasteiger partial charge is 0.377 e. The van der Waals surface area contributed by atoms with E-state index in [2.05, 4.69) is 10.3 Å². The van der Waals surface area contributed by atoms with Crippen LogP contribution in [0.2, 0.25) is 0 Å². The number of nitrogens with zero attached hydrogens (tertiary/aromatic N) is 2. The number of anilines is 1. The van der Waals surface area contributed by atoms with Crippen molar-refractivity contribution in [3.63, 3.8) is 0 Å². The molecule has 1 N–H and O–H groups in total. The van der Waals surface area contributed by atoms with Crippen LogP contribution < -0.4 is 5.32 Å². The van der Waals surface area contributed by atoms with Gasteiger partial charge in [-0.15, -0.1) is 0 Å². The molecule has 1 aromatic heterocycles. The Bertz CT molecular complexity index is 508. The van der Waals surface area contributed by atoms with Crippen molar-refractivity contribution in [1.29, 1.82) is 0 Å². The summed E-state index contributed by atoms with van der Waals surface area (Å²) in [7, 11) is 0. The number of imidazole rings is 1. The molecule has 1 aromatic carbocycles. The molecule has 3 nitrogen and oxygen atoms in total. The van der Waals surface area contributed by atoms with Crippen LogP contribution in [0.1, 0.15) is 12.6 Å². The van der Waals surface area contributed by atoms with Gasteiger partial charge in [-0.05, 0) is 19.1 Å². The van der Waals surface area contributed by atoms with Gasteiger partial charge in [0.1, 0.15) is 11.6 Å². The fourth-order valence-corrected chi connectivity index (χ4v) is 1.60. The Kier molecular flexibility index (Phi) is 3.37. The summed E-state index contributed by atoms with van der Waals surface area (Å²) in [6.45, 7) is 3.27. The van der Waals surface area contributed by atoms with Crippen molar-refractivity contribution < 1.29 is 8.78 Å². The van der Waals surface area contributed by atoms with Crippen LogP contribution in [0.15, 0.2) is 30.7 Å². The molecule has 90 valence electrons. The smallest absolute Gasteiger partial charge is 0.149 e. The lowest BCUT2D eigenvalue weighted by molar-refractivity contribution is 0.584. The first-order valence-electron chi connectivity index (χ1n) is 5.38. The first kappa shape index (κ1) is 11.6. The van der Waals surface area contributed by atoms with Gasteiger partial charge in [-0.1, -0.05) is 0 Å². The Hall–Kier alpha value is -1.91. The van der Waals surface area contributed by atoms with Crippen LogP contribution in [0.5, 0.6) is 0 Å². The summed E-state index contributed by atoms with van der Waals surface area (Å²) in [6, 6.07) is 3.47. The van der Waals surface area contributed by atoms with Crippen molar-refractivity contribution in [2.75, 3.05) is 5.32 Å². The monoisotopic (exact) mass is 237 g/mol. The van der Waals surface area contributed by atoms with Crippen LogP contribution in [0, 0.1) is 11.6 Å². The van der Waals surface area contributed by atoms with E-state index >= 15 is 0 Å². The number of aromatic nitrogens is 2. The number of halogens is 2. The zero-order valence-corrected chi connectivity index (χ0v) is 9.45. The maximum Gasteiger partial charge on any atom is 0.149 e. The highest BCUT2D eigenvalue weighted by Gasteiger charge is 2.05. The first-order chi connectivity index (χ1) is 8.20. The van der Waals surface area contributed by atoms with Crippen molar-refractivity contribution in [1.82, 2.24) is 9.55 Å². The van der Waals surface area contributed by atoms with Crippen molar-refractivity contribution in [2.24, 2.45) is 0 Å². The van der Waals surface area contributed by atoms with E-state index in [-0.39, 0.29) is 5.69 Å². The quantitative estimate of drug-likeness (QED) is 0.886. The molecule has 0 aliphatic rings. The molecule has 0 aliphatic carbocycles. The van der Waals surface area contributed by atoms with Crippen molar-refractivity contribution in [2.45, 2.75) is 20.0 Å². The number of hydrogen-bond donors (Lipinski definition) is 1. The normalized spacial score (nSPS) is 10.5. The summed E-state index contributed by atoms with van der Waals surface area (Å²) < 4.78 is 28.0. The predicted molar refractivity (Wildman–Crippen MR) is 61.6 cm³/mol. The fraction of sp³-hybridized carbons (Fsp3) is 0.250. The van der Waals surface area contributed by atoms with Crippen LogP contribution in [0.3, 0.4) is 0 Å². The lowest BCUT2D eigenvalue weighted by atomic mass is 10.3. The number of nitrogens with one attached hydrogen (secondary N) is 1. The SMILES string of the molecule is CCn1cncc1CNc1ccc(F)cc1F. The fourth-order valence-electron chi connectivity index (χ4n) is 1.60. The molecule has 0 amide bonds. The topological polar surface area (TPSA) is 29.9 Å². The molecule has 0 bridgehead atoms. The van der Waals surface area contributed by atoms with Gasteiger partial charge in [-0.2, -0.15) is 0 Å². The standard InChI is InChI=1S/C12H13F2N3/c1-2-17-8-15-6-10(17)7-16-12-4-3-9(13)5-11(12)14/h3-6,8,16H,2,7H2,1H3. The second-order valence-corrected chi connectivity index (χ2v) is 3.65. The molecule has 0 saturated heterocycles. The van der Waals surface area contributed by atoms with Crippen LogP contribution in [0.4, 0.5) is 14.5 Å². The molecular weight excluding hydrogens is 224 g/mol. The molecular formula is C12H13F2N3. The van der Waals surface area contributed by atoms with Crippen molar-refractivity contribution in [3.05, 3.63) is 48.1 Å². The minimum absolute atomic E-state index is 0.287. The van der Waals surface area contributed by atoms with E-state index in [4.69, 9.17) is 0 Å². The summed E-state index contributed by atoms with van der Waals surface area (Å²) in [4.78, 5) is 4.01. The molecule has 2 rings (SSSR count). The van der Waals surface area contributed by atoms with Gasteiger partial charge in [0, 0.05) is 18.8 Å². The average molecular weight is 237 g/mol. The van der Waals surface area contributed by atoms with Crippen LogP contribution in [-0.4, -0.2) is 9.55 Å². The highest BCUT2D eigenvalue weighted by Crippen LogP contribution is 2.15. The second kappa shape index (κ2) is 4.95. The predicted octanol–water partition coefficient (Wildman–Crippen LogP) is 2.79. The minimum atomic E-state index is -0.590. The molecule has 0 fully saturated rings. The van der Waals surface area contributed by atoms with Crippen molar-refractivity contribution in [3.8, 4) is 0 Å². The lowest BCUT2D eigenvalue weighted by Gasteiger charge is -2.09. The van der Waals surface area contributed by atoms with Gasteiger partial charge in [0.05, 0.1) is 24.3 Å². The molecule has 0 atom stereocenters. The van der Waals surface area contributed by atoms with Crippen molar-refractivity contribution >= 4 is 5.69 Å². The lowest BCUT2D eigenvalue weighted by Crippen LogP contribution is -2.07. The number of hydrogen-bond acceptors (Lipinski definition) is 2. The van der Waals surface area contributed by atoms with Gasteiger partial charge < -0.3 is 9.88 Å². The van der Waals surface area contributed by atoms with Gasteiger partial charge in [0.25, 0.3) is 0 Å². The summed E-state index contributed by atoms with van der Waals surface area (Å²) in [5, 5.41) is 2.91. The van der Waals surface area contributed by atoms with Gasteiger partial charge in [0.2, 0.25) is 0 Å². The van der Waals surface area contributed by atoms with Crippen LogP contribution in [0.25, 0.3) is 0 Å². The van der Waals surface area contributed by atoms with Gasteiger partial charge in [0.15, 0.2) is 0 Å². The maximum absolute atomic E-state index is 13.3. The first-order valence-corrected chi connectivity index (χ1v) is 5.38. The molecule has 5 heteroatoms. The maximum atomic E-state index is 13.3. The summed E-state index contributed by atoms with van der Waals surface area (Å²) in [5.41, 5.74) is 1.24. The van der Waals surface area contributed by atoms with Gasteiger partial charge in [-0.3, -0.25) is 0 Å². The van der Waals surface area contributed by atoms with E-state index in [1.807, 2.05) is 11.5 Å². The summed E-state index contributed by atoms with van der Waals surface area (Å²) in [5.74, 6) is -1.17. The molecule has 0 saturated carbocycles. The second-order valence-electron chi connectivity index (χ2n) is 3.65. The highest BCUT2D eigenvalue weighted by molar-refractivity contribution is 5.44. The van der Waals surface area contributed by atoms with Crippen LogP contribution >= 0.6 is 0 Å². The third kappa shape index (κ3) is 2.61. The zero-order valence-electron chi connectivity index (χ0n) is 9.45. The number of aryl methyl sites for hydroxylation is 1. The van der Waals surface area contributed by atoms with E-state index in [0.717, 1.165) is 18.3 Å².